The third-order valence-corrected chi connectivity index (χ3v) is 2.95. The highest BCUT2D eigenvalue weighted by Crippen LogP contribution is 2.20. The smallest absolute Gasteiger partial charge is 0.413 e. The number of hydrogen-bond donors (Lipinski definition) is 1. The minimum atomic E-state index is -0.530. The van der Waals surface area contributed by atoms with Gasteiger partial charge in [-0.15, -0.1) is 0 Å². The number of ether oxygens (including phenoxy) is 1. The summed E-state index contributed by atoms with van der Waals surface area (Å²) < 4.78 is 5.91. The highest BCUT2D eigenvalue weighted by Gasteiger charge is 2.16. The molecule has 1 aromatic heterocycles. The standard InChI is InChI=1S/C10H12ClIN2O2/c1-10(2,3)16-9(15)14-8-4-7(12)6(11)5-13-8/h4-5H,1-3H3,(H,13,14,15). The number of rotatable bonds is 1. The molecule has 0 aliphatic heterocycles. The summed E-state index contributed by atoms with van der Waals surface area (Å²) in [5.74, 6) is 0.419. The van der Waals surface area contributed by atoms with Crippen LogP contribution in [0.4, 0.5) is 10.6 Å². The Morgan fingerprint density at radius 2 is 2.19 bits per heavy atom. The number of nitrogens with zero attached hydrogens (tertiary/aromatic N) is 1. The minimum Gasteiger partial charge on any atom is -0.444 e. The van der Waals surface area contributed by atoms with Gasteiger partial charge in [-0.05, 0) is 49.4 Å². The van der Waals surface area contributed by atoms with Crippen molar-refractivity contribution in [3.05, 3.63) is 20.9 Å². The van der Waals surface area contributed by atoms with Crippen molar-refractivity contribution in [3.8, 4) is 0 Å². The molecule has 0 atom stereocenters. The fourth-order valence-electron chi connectivity index (χ4n) is 0.891. The predicted molar refractivity (Wildman–Crippen MR) is 71.8 cm³/mol. The van der Waals surface area contributed by atoms with Crippen molar-refractivity contribution >= 4 is 46.1 Å². The van der Waals surface area contributed by atoms with Gasteiger partial charge in [-0.1, -0.05) is 11.6 Å². The molecule has 0 bridgehead atoms. The molecule has 0 saturated carbocycles. The zero-order chi connectivity index (χ0) is 12.3. The summed E-state index contributed by atoms with van der Waals surface area (Å²) in [5.41, 5.74) is -0.524. The van der Waals surface area contributed by atoms with E-state index in [0.717, 1.165) is 3.57 Å². The number of halogens is 2. The molecule has 1 heterocycles. The van der Waals surface area contributed by atoms with Crippen molar-refractivity contribution in [2.45, 2.75) is 26.4 Å². The zero-order valence-corrected chi connectivity index (χ0v) is 12.1. The fourth-order valence-corrected chi connectivity index (χ4v) is 1.43. The maximum atomic E-state index is 11.4. The average molecular weight is 355 g/mol. The molecule has 0 aliphatic carbocycles. The fraction of sp³-hybridized carbons (Fsp3) is 0.400. The van der Waals surface area contributed by atoms with Crippen LogP contribution in [0.1, 0.15) is 20.8 Å². The van der Waals surface area contributed by atoms with Gasteiger partial charge in [-0.2, -0.15) is 0 Å². The first kappa shape index (κ1) is 13.5. The predicted octanol–water partition coefficient (Wildman–Crippen LogP) is 3.69. The van der Waals surface area contributed by atoms with Crippen molar-refractivity contribution in [2.24, 2.45) is 0 Å². The van der Waals surface area contributed by atoms with Gasteiger partial charge in [-0.3, -0.25) is 5.32 Å². The van der Waals surface area contributed by atoms with Crippen molar-refractivity contribution in [2.75, 3.05) is 5.32 Å². The van der Waals surface area contributed by atoms with Crippen LogP contribution in [0, 0.1) is 3.57 Å². The summed E-state index contributed by atoms with van der Waals surface area (Å²) in [6.45, 7) is 5.39. The molecule has 0 spiro atoms. The Morgan fingerprint density at radius 3 is 2.69 bits per heavy atom. The SMILES string of the molecule is CC(C)(C)OC(=O)Nc1cc(I)c(Cl)cn1. The van der Waals surface area contributed by atoms with Gasteiger partial charge in [0.15, 0.2) is 0 Å². The number of carbonyl (C=O) groups is 1. The second-order valence-electron chi connectivity index (χ2n) is 4.11. The summed E-state index contributed by atoms with van der Waals surface area (Å²) >= 11 is 7.87. The van der Waals surface area contributed by atoms with E-state index < -0.39 is 11.7 Å². The molecule has 1 N–H and O–H groups in total. The van der Waals surface area contributed by atoms with Crippen LogP contribution in [0.5, 0.6) is 0 Å². The maximum absolute atomic E-state index is 11.4. The third kappa shape index (κ3) is 4.52. The van der Waals surface area contributed by atoms with Crippen LogP contribution < -0.4 is 5.32 Å². The van der Waals surface area contributed by atoms with Crippen molar-refractivity contribution in [1.29, 1.82) is 0 Å². The molecule has 1 rings (SSSR count). The number of anilines is 1. The topological polar surface area (TPSA) is 51.2 Å². The first-order chi connectivity index (χ1) is 7.28. The molecule has 6 heteroatoms. The van der Waals surface area contributed by atoms with Crippen molar-refractivity contribution in [3.63, 3.8) is 0 Å². The van der Waals surface area contributed by atoms with Gasteiger partial charge in [0.2, 0.25) is 0 Å². The highest BCUT2D eigenvalue weighted by molar-refractivity contribution is 14.1. The zero-order valence-electron chi connectivity index (χ0n) is 9.17. The lowest BCUT2D eigenvalue weighted by Crippen LogP contribution is -2.27. The van der Waals surface area contributed by atoms with E-state index in [1.165, 1.54) is 6.20 Å². The van der Waals surface area contributed by atoms with Gasteiger partial charge < -0.3 is 4.74 Å². The second-order valence-corrected chi connectivity index (χ2v) is 5.68. The van der Waals surface area contributed by atoms with Crippen LogP contribution in [0.25, 0.3) is 0 Å². The van der Waals surface area contributed by atoms with Gasteiger partial charge in [0, 0.05) is 9.77 Å². The van der Waals surface area contributed by atoms with Gasteiger partial charge in [0.05, 0.1) is 5.02 Å². The van der Waals surface area contributed by atoms with E-state index in [-0.39, 0.29) is 0 Å². The Kier molecular flexibility index (Phi) is 4.37. The van der Waals surface area contributed by atoms with Crippen LogP contribution in [0.2, 0.25) is 5.02 Å². The second kappa shape index (κ2) is 5.18. The molecule has 0 unspecified atom stereocenters. The largest absolute Gasteiger partial charge is 0.444 e. The van der Waals surface area contributed by atoms with Gasteiger partial charge >= 0.3 is 6.09 Å². The van der Waals surface area contributed by atoms with E-state index in [0.29, 0.717) is 10.8 Å². The first-order valence-corrected chi connectivity index (χ1v) is 6.04. The lowest BCUT2D eigenvalue weighted by atomic mass is 10.2. The van der Waals surface area contributed by atoms with Crippen LogP contribution in [-0.2, 0) is 4.74 Å². The Bertz CT molecular complexity index is 404. The molecule has 0 saturated heterocycles. The Balaban J connectivity index is 2.67. The number of carbonyl (C=O) groups excluding carboxylic acids is 1. The van der Waals surface area contributed by atoms with E-state index in [9.17, 15) is 4.79 Å². The Hall–Kier alpha value is -0.560. The monoisotopic (exact) mass is 354 g/mol. The molecule has 0 aliphatic rings. The number of nitrogens with one attached hydrogen (secondary N) is 1. The molecule has 0 aromatic carbocycles. The van der Waals surface area contributed by atoms with Crippen LogP contribution >= 0.6 is 34.2 Å². The summed E-state index contributed by atoms with van der Waals surface area (Å²) in [5, 5.41) is 3.08. The van der Waals surface area contributed by atoms with Crippen molar-refractivity contribution < 1.29 is 9.53 Å². The summed E-state index contributed by atoms with van der Waals surface area (Å²) in [4.78, 5) is 15.4. The van der Waals surface area contributed by atoms with E-state index in [1.807, 2.05) is 0 Å². The molecule has 4 nitrogen and oxygen atoms in total. The molecule has 1 amide bonds. The highest BCUT2D eigenvalue weighted by atomic mass is 127. The molecule has 0 radical (unpaired) electrons. The molecular formula is C10H12ClIN2O2. The number of aromatic nitrogens is 1. The Labute approximate surface area is 113 Å². The van der Waals surface area contributed by atoms with Crippen LogP contribution in [-0.4, -0.2) is 16.7 Å². The lowest BCUT2D eigenvalue weighted by molar-refractivity contribution is 0.0635. The van der Waals surface area contributed by atoms with E-state index in [2.05, 4.69) is 32.9 Å². The van der Waals surface area contributed by atoms with E-state index in [4.69, 9.17) is 16.3 Å². The van der Waals surface area contributed by atoms with E-state index in [1.54, 1.807) is 26.8 Å². The number of pyridine rings is 1. The van der Waals surface area contributed by atoms with Crippen molar-refractivity contribution in [1.82, 2.24) is 4.98 Å². The normalized spacial score (nSPS) is 11.1. The Morgan fingerprint density at radius 1 is 1.56 bits per heavy atom. The number of hydrogen-bond acceptors (Lipinski definition) is 3. The van der Waals surface area contributed by atoms with Crippen LogP contribution in [0.3, 0.4) is 0 Å². The molecule has 16 heavy (non-hydrogen) atoms. The first-order valence-electron chi connectivity index (χ1n) is 4.59. The van der Waals surface area contributed by atoms with Gasteiger partial charge in [0.25, 0.3) is 0 Å². The number of amides is 1. The van der Waals surface area contributed by atoms with Gasteiger partial charge in [-0.25, -0.2) is 9.78 Å². The third-order valence-electron chi connectivity index (χ3n) is 1.44. The van der Waals surface area contributed by atoms with E-state index >= 15 is 0 Å². The van der Waals surface area contributed by atoms with Crippen LogP contribution in [0.15, 0.2) is 12.3 Å². The van der Waals surface area contributed by atoms with Gasteiger partial charge in [0.1, 0.15) is 11.4 Å². The summed E-state index contributed by atoms with van der Waals surface area (Å²) in [6.07, 6.45) is 0.953. The quantitative estimate of drug-likeness (QED) is 0.783. The molecular weight excluding hydrogens is 342 g/mol. The molecule has 0 fully saturated rings. The summed E-state index contributed by atoms with van der Waals surface area (Å²) in [6, 6.07) is 1.67. The minimum absolute atomic E-state index is 0.419. The lowest BCUT2D eigenvalue weighted by Gasteiger charge is -2.19. The summed E-state index contributed by atoms with van der Waals surface area (Å²) in [7, 11) is 0. The molecule has 1 aromatic rings. The molecule has 88 valence electrons. The maximum Gasteiger partial charge on any atom is 0.413 e. The average Bonchev–Trinajstić information content (AvgIpc) is 2.08.